The van der Waals surface area contributed by atoms with Crippen molar-refractivity contribution in [2.75, 3.05) is 17.3 Å². The molecule has 5 rings (SSSR count). The zero-order chi connectivity index (χ0) is 32.0. The van der Waals surface area contributed by atoms with Crippen molar-refractivity contribution in [1.82, 2.24) is 9.97 Å². The van der Waals surface area contributed by atoms with E-state index in [2.05, 4.69) is 116 Å². The minimum absolute atomic E-state index is 0.0391. The molecule has 1 atom stereocenters. The average molecular weight is 673 g/mol. The fourth-order valence-electron chi connectivity index (χ4n) is 5.04. The maximum atomic E-state index is 7.14. The van der Waals surface area contributed by atoms with E-state index in [1.54, 1.807) is 12.1 Å². The topological polar surface area (TPSA) is 73.1 Å². The van der Waals surface area contributed by atoms with Crippen molar-refractivity contribution in [2.24, 2.45) is 5.41 Å². The van der Waals surface area contributed by atoms with E-state index in [-0.39, 0.29) is 11.5 Å². The summed E-state index contributed by atoms with van der Waals surface area (Å²) in [7, 11) is -1.49. The molecular formula is C36H37Cl2N4OSSi. The molecule has 1 heterocycles. The van der Waals surface area contributed by atoms with E-state index in [0.29, 0.717) is 33.3 Å². The van der Waals surface area contributed by atoms with Crippen LogP contribution in [0.4, 0.5) is 11.5 Å². The normalized spacial score (nSPS) is 12.3. The average Bonchev–Trinajstić information content (AvgIpc) is 3.03. The Bertz CT molecular complexity index is 1680. The molecule has 1 aromatic heterocycles. The molecule has 0 aliphatic heterocycles. The highest BCUT2D eigenvalue weighted by Gasteiger charge is 2.31. The van der Waals surface area contributed by atoms with Crippen LogP contribution in [-0.2, 0) is 17.4 Å². The smallest absolute Gasteiger partial charge is 0.283 e. The Labute approximate surface area is 282 Å². The van der Waals surface area contributed by atoms with Crippen molar-refractivity contribution in [3.8, 4) is 11.3 Å². The van der Waals surface area contributed by atoms with Crippen LogP contribution in [-0.4, -0.2) is 31.4 Å². The van der Waals surface area contributed by atoms with Gasteiger partial charge in [-0.1, -0.05) is 141 Å². The molecule has 45 heavy (non-hydrogen) atoms. The van der Waals surface area contributed by atoms with Gasteiger partial charge in [-0.15, -0.1) is 0 Å². The minimum Gasteiger partial charge on any atom is -0.403 e. The molecule has 5 aromatic rings. The maximum Gasteiger partial charge on any atom is 0.283 e. The number of nitrogen functional groups attached to an aromatic ring is 1. The molecule has 4 aromatic carbocycles. The predicted octanol–water partition coefficient (Wildman–Crippen LogP) is 8.15. The number of benzene rings is 4. The Morgan fingerprint density at radius 1 is 0.844 bits per heavy atom. The van der Waals surface area contributed by atoms with Gasteiger partial charge in [-0.05, 0) is 52.2 Å². The van der Waals surface area contributed by atoms with E-state index in [4.69, 9.17) is 38.3 Å². The summed E-state index contributed by atoms with van der Waals surface area (Å²) in [5, 5.41) is 7.50. The molecule has 0 aliphatic carbocycles. The van der Waals surface area contributed by atoms with E-state index in [1.165, 1.54) is 22.1 Å². The number of hydrogen-bond acceptors (Lipinski definition) is 6. The number of halogens is 2. The van der Waals surface area contributed by atoms with Gasteiger partial charge in [0, 0.05) is 17.7 Å². The maximum absolute atomic E-state index is 7.14. The van der Waals surface area contributed by atoms with Crippen LogP contribution in [0.5, 0.6) is 0 Å². The highest BCUT2D eigenvalue weighted by Crippen LogP contribution is 2.34. The highest BCUT2D eigenvalue weighted by atomic mass is 35.5. The summed E-state index contributed by atoms with van der Waals surface area (Å²) < 4.78 is 7.14. The van der Waals surface area contributed by atoms with Gasteiger partial charge >= 0.3 is 0 Å². The van der Waals surface area contributed by atoms with Crippen molar-refractivity contribution in [3.05, 3.63) is 124 Å². The first kappa shape index (κ1) is 33.0. The number of nitrogens with zero attached hydrogens (tertiary/aromatic N) is 2. The number of nitrogens with two attached hydrogens (primary N) is 1. The number of thioether (sulfide) groups is 1. The third kappa shape index (κ3) is 8.29. The summed E-state index contributed by atoms with van der Waals surface area (Å²) in [4.78, 5) is 9.45. The summed E-state index contributed by atoms with van der Waals surface area (Å²) in [6, 6.07) is 35.1. The van der Waals surface area contributed by atoms with E-state index >= 15 is 0 Å². The van der Waals surface area contributed by atoms with Gasteiger partial charge in [0.1, 0.15) is 5.82 Å². The van der Waals surface area contributed by atoms with E-state index < -0.39 is 9.04 Å². The van der Waals surface area contributed by atoms with Crippen LogP contribution in [0.25, 0.3) is 11.3 Å². The van der Waals surface area contributed by atoms with Gasteiger partial charge in [0.05, 0.1) is 27.5 Å². The second kappa shape index (κ2) is 14.8. The molecule has 3 N–H and O–H groups in total. The van der Waals surface area contributed by atoms with Gasteiger partial charge in [0.25, 0.3) is 9.04 Å². The van der Waals surface area contributed by atoms with Crippen LogP contribution >= 0.6 is 35.0 Å². The first-order chi connectivity index (χ1) is 21.6. The number of hydrogen-bond donors (Lipinski definition) is 2. The van der Waals surface area contributed by atoms with Crippen LogP contribution in [0.1, 0.15) is 31.9 Å². The lowest BCUT2D eigenvalue weighted by atomic mass is 9.85. The summed E-state index contributed by atoms with van der Waals surface area (Å²) in [5.74, 6) is 0.416. The van der Waals surface area contributed by atoms with Crippen LogP contribution in [0.15, 0.2) is 108 Å². The molecule has 1 unspecified atom stereocenters. The molecule has 231 valence electrons. The lowest BCUT2D eigenvalue weighted by molar-refractivity contribution is 0.0897. The molecule has 5 nitrogen and oxygen atoms in total. The molecule has 0 aliphatic rings. The summed E-state index contributed by atoms with van der Waals surface area (Å²) in [6.07, 6.45) is 2.65. The van der Waals surface area contributed by atoms with E-state index in [9.17, 15) is 0 Å². The number of aromatic nitrogens is 2. The molecule has 0 saturated heterocycles. The number of nitrogens with one attached hydrogen (secondary N) is 1. The summed E-state index contributed by atoms with van der Waals surface area (Å²) >= 11 is 14.3. The lowest BCUT2D eigenvalue weighted by Gasteiger charge is -2.34. The largest absolute Gasteiger partial charge is 0.403 e. The Morgan fingerprint density at radius 3 is 2.02 bits per heavy atom. The first-order valence-corrected chi connectivity index (χ1v) is 18.1. The third-order valence-corrected chi connectivity index (χ3v) is 10.9. The van der Waals surface area contributed by atoms with Crippen LogP contribution in [0.3, 0.4) is 0 Å². The van der Waals surface area contributed by atoms with Crippen molar-refractivity contribution < 1.29 is 4.43 Å². The fourth-order valence-corrected chi connectivity index (χ4v) is 8.26. The van der Waals surface area contributed by atoms with E-state index in [1.807, 2.05) is 12.3 Å². The van der Waals surface area contributed by atoms with Gasteiger partial charge < -0.3 is 15.5 Å². The SMILES string of the molecule is CSc1nc(N)c(CNc2c(Cl)cccc2Cl)c(-c2cccc(CC(O[Si](c3ccccc3)c3ccccc3)C(C)(C)C)c2)n1. The molecule has 0 amide bonds. The second-order valence-corrected chi connectivity index (χ2v) is 15.4. The van der Waals surface area contributed by atoms with Crippen LogP contribution in [0, 0.1) is 5.41 Å². The van der Waals surface area contributed by atoms with Gasteiger partial charge in [0.2, 0.25) is 0 Å². The molecule has 0 fully saturated rings. The van der Waals surface area contributed by atoms with Crippen molar-refractivity contribution in [2.45, 2.75) is 45.0 Å². The van der Waals surface area contributed by atoms with Crippen molar-refractivity contribution >= 4 is 65.9 Å². The second-order valence-electron chi connectivity index (χ2n) is 11.8. The fraction of sp³-hybridized carbons (Fsp3) is 0.222. The number of rotatable bonds is 11. The minimum atomic E-state index is -1.49. The van der Waals surface area contributed by atoms with Gasteiger partial charge in [0.15, 0.2) is 5.16 Å². The summed E-state index contributed by atoms with van der Waals surface area (Å²) in [6.45, 7) is 7.10. The highest BCUT2D eigenvalue weighted by molar-refractivity contribution is 7.98. The Morgan fingerprint density at radius 2 is 1.44 bits per heavy atom. The molecule has 0 saturated carbocycles. The number of para-hydroxylation sites is 1. The van der Waals surface area contributed by atoms with E-state index in [0.717, 1.165) is 28.8 Å². The molecule has 0 bridgehead atoms. The lowest BCUT2D eigenvalue weighted by Crippen LogP contribution is -2.50. The zero-order valence-corrected chi connectivity index (χ0v) is 29.2. The quantitative estimate of drug-likeness (QED) is 0.0839. The van der Waals surface area contributed by atoms with Crippen molar-refractivity contribution in [3.63, 3.8) is 0 Å². The monoisotopic (exact) mass is 671 g/mol. The van der Waals surface area contributed by atoms with Gasteiger partial charge in [-0.2, -0.15) is 0 Å². The zero-order valence-electron chi connectivity index (χ0n) is 25.9. The van der Waals surface area contributed by atoms with Crippen molar-refractivity contribution in [1.29, 1.82) is 0 Å². The summed E-state index contributed by atoms with van der Waals surface area (Å²) in [5.41, 5.74) is 10.7. The third-order valence-electron chi connectivity index (χ3n) is 7.53. The Hall–Kier alpha value is -3.33. The Kier molecular flexibility index (Phi) is 10.9. The van der Waals surface area contributed by atoms with Gasteiger partial charge in [-0.3, -0.25) is 0 Å². The molecule has 0 spiro atoms. The first-order valence-electron chi connectivity index (χ1n) is 14.8. The Balaban J connectivity index is 1.48. The van der Waals surface area contributed by atoms with Crippen LogP contribution in [0.2, 0.25) is 10.0 Å². The van der Waals surface area contributed by atoms with Crippen LogP contribution < -0.4 is 21.4 Å². The predicted molar refractivity (Wildman–Crippen MR) is 193 cm³/mol. The number of anilines is 2. The van der Waals surface area contributed by atoms with Gasteiger partial charge in [-0.25, -0.2) is 9.97 Å². The molecule has 1 radical (unpaired) electrons. The standard InChI is InChI=1S/C36H37Cl2N4OSSi/c1-36(2,3)31(43-45(26-15-7-5-8-16-26)27-17-9-6-10-18-27)22-24-13-11-14-25(21-24)32-28(34(39)42-35(41-32)44-4)23-40-33-29(37)19-12-20-30(33)38/h5-21,31,40H,22-23H2,1-4H3,(H2,39,41,42). The molecule has 9 heteroatoms. The molecular weight excluding hydrogens is 635 g/mol.